The van der Waals surface area contributed by atoms with E-state index in [1.807, 2.05) is 0 Å². The lowest BCUT2D eigenvalue weighted by molar-refractivity contribution is 0.644. The second kappa shape index (κ2) is 2.38. The normalized spacial score (nSPS) is 19.0. The molecule has 1 heterocycles. The Bertz CT molecular complexity index is 363. The van der Waals surface area contributed by atoms with Crippen molar-refractivity contribution in [1.82, 2.24) is 0 Å². The molecule has 68 valence electrons. The van der Waals surface area contributed by atoms with E-state index < -0.39 is 0 Å². The Balaban J connectivity index is 2.64. The van der Waals surface area contributed by atoms with Crippen LogP contribution in [0.3, 0.4) is 0 Å². The lowest BCUT2D eigenvalue weighted by Gasteiger charge is -2.30. The van der Waals surface area contributed by atoms with Gasteiger partial charge in [-0.25, -0.2) is 0 Å². The summed E-state index contributed by atoms with van der Waals surface area (Å²) < 4.78 is 0. The molecule has 0 bridgehead atoms. The van der Waals surface area contributed by atoms with Crippen molar-refractivity contribution in [3.05, 3.63) is 36.4 Å². The van der Waals surface area contributed by atoms with Crippen molar-refractivity contribution >= 4 is 11.3 Å². The molecule has 1 nitrogen and oxygen atoms in total. The summed E-state index contributed by atoms with van der Waals surface area (Å²) in [7, 11) is 2.12. The summed E-state index contributed by atoms with van der Waals surface area (Å²) in [6, 6.07) is 8.43. The number of hydrogen-bond donors (Lipinski definition) is 0. The highest BCUT2D eigenvalue weighted by molar-refractivity contribution is 5.89. The molecule has 1 aliphatic heterocycles. The summed E-state index contributed by atoms with van der Waals surface area (Å²) in [6.07, 6.45) is 0. The van der Waals surface area contributed by atoms with Crippen molar-refractivity contribution in [1.29, 1.82) is 0 Å². The molecule has 13 heavy (non-hydrogen) atoms. The molecule has 0 radical (unpaired) electrons. The van der Waals surface area contributed by atoms with Crippen molar-refractivity contribution in [2.45, 2.75) is 19.4 Å². The molecule has 0 spiro atoms. The Labute approximate surface area is 79.7 Å². The maximum absolute atomic E-state index is 4.16. The zero-order chi connectivity index (χ0) is 9.64. The van der Waals surface area contributed by atoms with Gasteiger partial charge in [-0.05, 0) is 25.5 Å². The maximum Gasteiger partial charge on any atom is 0.0595 e. The number of hydrogen-bond acceptors (Lipinski definition) is 1. The first-order valence-corrected chi connectivity index (χ1v) is 4.58. The molecule has 0 saturated heterocycles. The largest absolute Gasteiger partial charge is 0.365 e. The quantitative estimate of drug-likeness (QED) is 0.583. The summed E-state index contributed by atoms with van der Waals surface area (Å²) in [5, 5.41) is 0. The zero-order valence-electron chi connectivity index (χ0n) is 8.46. The smallest absolute Gasteiger partial charge is 0.0595 e. The highest BCUT2D eigenvalue weighted by atomic mass is 15.2. The summed E-state index contributed by atoms with van der Waals surface area (Å²) in [5.74, 6) is 0. The Morgan fingerprint density at radius 3 is 2.46 bits per heavy atom. The molecular weight excluding hydrogens is 158 g/mol. The van der Waals surface area contributed by atoms with Gasteiger partial charge in [-0.3, -0.25) is 0 Å². The standard InChI is InChI=1S/C12H15N/c1-9-10-7-5-6-8-11(10)13(4)12(9,2)3/h5-8H,1H2,2-4H3. The van der Waals surface area contributed by atoms with Crippen LogP contribution in [0.5, 0.6) is 0 Å². The van der Waals surface area contributed by atoms with Gasteiger partial charge in [-0.15, -0.1) is 0 Å². The van der Waals surface area contributed by atoms with Crippen LogP contribution in [0, 0.1) is 0 Å². The predicted octanol–water partition coefficient (Wildman–Crippen LogP) is 2.93. The fourth-order valence-electron chi connectivity index (χ4n) is 1.85. The average molecular weight is 173 g/mol. The fraction of sp³-hybridized carbons (Fsp3) is 0.333. The Kier molecular flexibility index (Phi) is 1.53. The first-order valence-electron chi connectivity index (χ1n) is 4.58. The van der Waals surface area contributed by atoms with E-state index >= 15 is 0 Å². The molecule has 1 aliphatic rings. The highest BCUT2D eigenvalue weighted by Gasteiger charge is 2.36. The zero-order valence-corrected chi connectivity index (χ0v) is 8.46. The predicted molar refractivity (Wildman–Crippen MR) is 58.0 cm³/mol. The second-order valence-corrected chi connectivity index (χ2v) is 4.11. The van der Waals surface area contributed by atoms with Crippen molar-refractivity contribution < 1.29 is 0 Å². The van der Waals surface area contributed by atoms with Gasteiger partial charge in [0.2, 0.25) is 0 Å². The first-order chi connectivity index (χ1) is 6.05. The number of benzene rings is 1. The van der Waals surface area contributed by atoms with Crippen LogP contribution in [0.25, 0.3) is 5.57 Å². The molecule has 0 unspecified atom stereocenters. The lowest BCUT2D eigenvalue weighted by Crippen LogP contribution is -2.36. The third kappa shape index (κ3) is 0.932. The topological polar surface area (TPSA) is 3.24 Å². The minimum atomic E-state index is 0.0592. The maximum atomic E-state index is 4.16. The van der Waals surface area contributed by atoms with E-state index in [-0.39, 0.29) is 5.54 Å². The molecule has 0 fully saturated rings. The molecule has 0 aromatic heterocycles. The summed E-state index contributed by atoms with van der Waals surface area (Å²) >= 11 is 0. The Morgan fingerprint density at radius 2 is 1.85 bits per heavy atom. The molecule has 0 aliphatic carbocycles. The molecule has 0 saturated carbocycles. The van der Waals surface area contributed by atoms with E-state index in [0.29, 0.717) is 0 Å². The van der Waals surface area contributed by atoms with Crippen molar-refractivity contribution in [3.63, 3.8) is 0 Å². The van der Waals surface area contributed by atoms with Crippen molar-refractivity contribution in [2.24, 2.45) is 0 Å². The molecule has 1 heteroatoms. The van der Waals surface area contributed by atoms with Gasteiger partial charge in [0.1, 0.15) is 0 Å². The van der Waals surface area contributed by atoms with E-state index in [1.54, 1.807) is 0 Å². The van der Waals surface area contributed by atoms with E-state index in [1.165, 1.54) is 16.8 Å². The minimum Gasteiger partial charge on any atom is -0.365 e. The second-order valence-electron chi connectivity index (χ2n) is 4.11. The van der Waals surface area contributed by atoms with Crippen molar-refractivity contribution in [3.8, 4) is 0 Å². The van der Waals surface area contributed by atoms with Crippen LogP contribution in [-0.2, 0) is 0 Å². The van der Waals surface area contributed by atoms with Crippen LogP contribution >= 0.6 is 0 Å². The third-order valence-electron chi connectivity index (χ3n) is 3.17. The van der Waals surface area contributed by atoms with Gasteiger partial charge in [-0.2, -0.15) is 0 Å². The summed E-state index contributed by atoms with van der Waals surface area (Å²) in [5.41, 5.74) is 3.85. The molecule has 2 rings (SSSR count). The van der Waals surface area contributed by atoms with Gasteiger partial charge in [0.25, 0.3) is 0 Å². The van der Waals surface area contributed by atoms with Gasteiger partial charge in [-0.1, -0.05) is 24.8 Å². The molecule has 1 aromatic rings. The average Bonchev–Trinajstić information content (AvgIpc) is 2.30. The molecular formula is C12H15N. The monoisotopic (exact) mass is 173 g/mol. The number of anilines is 1. The van der Waals surface area contributed by atoms with Gasteiger partial charge >= 0.3 is 0 Å². The van der Waals surface area contributed by atoms with Crippen LogP contribution in [0.15, 0.2) is 30.8 Å². The Hall–Kier alpha value is -1.24. The van der Waals surface area contributed by atoms with Gasteiger partial charge in [0.15, 0.2) is 0 Å². The summed E-state index contributed by atoms with van der Waals surface area (Å²) in [6.45, 7) is 8.56. The highest BCUT2D eigenvalue weighted by Crippen LogP contribution is 2.44. The van der Waals surface area contributed by atoms with Crippen LogP contribution in [0.2, 0.25) is 0 Å². The molecule has 1 aromatic carbocycles. The van der Waals surface area contributed by atoms with Gasteiger partial charge in [0, 0.05) is 18.3 Å². The number of likely N-dealkylation sites (N-methyl/N-ethyl adjacent to an activating group) is 1. The lowest BCUT2D eigenvalue weighted by atomic mass is 9.94. The van der Waals surface area contributed by atoms with Crippen LogP contribution < -0.4 is 4.90 Å². The van der Waals surface area contributed by atoms with E-state index in [4.69, 9.17) is 0 Å². The number of nitrogens with zero attached hydrogens (tertiary/aromatic N) is 1. The number of fused-ring (bicyclic) bond motifs is 1. The minimum absolute atomic E-state index is 0.0592. The summed E-state index contributed by atoms with van der Waals surface area (Å²) in [4.78, 5) is 2.28. The number of para-hydroxylation sites is 1. The van der Waals surface area contributed by atoms with Crippen LogP contribution in [-0.4, -0.2) is 12.6 Å². The van der Waals surface area contributed by atoms with Crippen LogP contribution in [0.1, 0.15) is 19.4 Å². The van der Waals surface area contributed by atoms with E-state index in [2.05, 4.69) is 56.6 Å². The van der Waals surface area contributed by atoms with E-state index in [0.717, 1.165) is 0 Å². The number of rotatable bonds is 0. The SMILES string of the molecule is C=C1c2ccccc2N(C)C1(C)C. The first kappa shape index (κ1) is 8.36. The van der Waals surface area contributed by atoms with Gasteiger partial charge < -0.3 is 4.90 Å². The fourth-order valence-corrected chi connectivity index (χ4v) is 1.85. The van der Waals surface area contributed by atoms with Crippen LogP contribution in [0.4, 0.5) is 5.69 Å². The van der Waals surface area contributed by atoms with Crippen molar-refractivity contribution in [2.75, 3.05) is 11.9 Å². The molecule has 0 atom stereocenters. The van der Waals surface area contributed by atoms with Gasteiger partial charge in [0.05, 0.1) is 5.54 Å². The third-order valence-corrected chi connectivity index (χ3v) is 3.17. The van der Waals surface area contributed by atoms with E-state index in [9.17, 15) is 0 Å². The molecule has 0 amide bonds. The Morgan fingerprint density at radius 1 is 1.23 bits per heavy atom. The molecule has 0 N–H and O–H groups in total.